The molecule has 2 aromatic carbocycles. The van der Waals surface area contributed by atoms with Gasteiger partial charge in [0.25, 0.3) is 5.56 Å². The zero-order valence-electron chi connectivity index (χ0n) is 19.2. The lowest BCUT2D eigenvalue weighted by Crippen LogP contribution is -2.31. The molecule has 0 aliphatic heterocycles. The fraction of sp³-hybridized carbons (Fsp3) is 0.261. The van der Waals surface area contributed by atoms with Gasteiger partial charge in [-0.1, -0.05) is 42.1 Å². The maximum atomic E-state index is 13.3. The number of para-hydroxylation sites is 1. The summed E-state index contributed by atoms with van der Waals surface area (Å²) in [4.78, 5) is 27.7. The molecule has 0 fully saturated rings. The van der Waals surface area contributed by atoms with Gasteiger partial charge in [-0.3, -0.25) is 14.3 Å². The van der Waals surface area contributed by atoms with Gasteiger partial charge in [0.05, 0.1) is 23.2 Å². The van der Waals surface area contributed by atoms with E-state index in [0.717, 1.165) is 23.0 Å². The largest absolute Gasteiger partial charge is 0.338 e. The minimum Gasteiger partial charge on any atom is -0.338 e. The lowest BCUT2D eigenvalue weighted by molar-refractivity contribution is -0.128. The first kappa shape index (κ1) is 23.4. The van der Waals surface area contributed by atoms with Crippen LogP contribution in [-0.4, -0.2) is 53.2 Å². The summed E-state index contributed by atoms with van der Waals surface area (Å²) < 4.78 is 17.9. The van der Waals surface area contributed by atoms with Crippen LogP contribution in [0.1, 0.15) is 24.2 Å². The van der Waals surface area contributed by atoms with Crippen molar-refractivity contribution in [3.05, 3.63) is 82.0 Å². The molecule has 4 rings (SSSR count). The standard InChI is InChI=1S/C23H24FN7O2S/c1-15(17-10-12-18(24)13-11-17)28(3)20(32)14-34-23-25-26-27-30(23)21-16(2)29(4)31(22(21)33)19-8-6-5-7-9-19/h5-13,15H,14H2,1-4H3. The third kappa shape index (κ3) is 4.38. The Kier molecular flexibility index (Phi) is 6.64. The second kappa shape index (κ2) is 9.64. The molecule has 1 amide bonds. The molecule has 0 saturated heterocycles. The monoisotopic (exact) mass is 481 g/mol. The van der Waals surface area contributed by atoms with Crippen LogP contribution in [0.3, 0.4) is 0 Å². The van der Waals surface area contributed by atoms with Gasteiger partial charge >= 0.3 is 0 Å². The Bertz CT molecular complexity index is 1360. The maximum absolute atomic E-state index is 13.3. The van der Waals surface area contributed by atoms with E-state index < -0.39 is 0 Å². The Labute approximate surface area is 199 Å². The predicted octanol–water partition coefficient (Wildman–Crippen LogP) is 2.91. The van der Waals surface area contributed by atoms with Gasteiger partial charge in [0, 0.05) is 14.1 Å². The third-order valence-electron chi connectivity index (χ3n) is 5.83. The molecule has 0 saturated carbocycles. The van der Waals surface area contributed by atoms with E-state index in [1.807, 2.05) is 44.2 Å². The molecular weight excluding hydrogens is 457 g/mol. The van der Waals surface area contributed by atoms with Gasteiger partial charge < -0.3 is 4.90 Å². The molecule has 2 heterocycles. The van der Waals surface area contributed by atoms with Crippen molar-refractivity contribution in [2.24, 2.45) is 7.05 Å². The van der Waals surface area contributed by atoms with Crippen LogP contribution in [0.2, 0.25) is 0 Å². The van der Waals surface area contributed by atoms with Crippen molar-refractivity contribution in [1.82, 2.24) is 34.5 Å². The zero-order valence-corrected chi connectivity index (χ0v) is 20.0. The molecule has 0 bridgehead atoms. The fourth-order valence-electron chi connectivity index (χ4n) is 3.62. The molecule has 4 aromatic rings. The van der Waals surface area contributed by atoms with Crippen molar-refractivity contribution in [1.29, 1.82) is 0 Å². The molecular formula is C23H24FN7O2S. The van der Waals surface area contributed by atoms with Gasteiger partial charge in [0.1, 0.15) is 5.82 Å². The van der Waals surface area contributed by atoms with Crippen LogP contribution in [0.25, 0.3) is 11.4 Å². The second-order valence-corrected chi connectivity index (χ2v) is 8.75. The average Bonchev–Trinajstić information content (AvgIpc) is 3.38. The smallest absolute Gasteiger partial charge is 0.297 e. The van der Waals surface area contributed by atoms with Crippen molar-refractivity contribution in [3.8, 4) is 11.4 Å². The van der Waals surface area contributed by atoms with Crippen LogP contribution < -0.4 is 5.56 Å². The summed E-state index contributed by atoms with van der Waals surface area (Å²) in [5.41, 5.74) is 2.27. The van der Waals surface area contributed by atoms with Crippen molar-refractivity contribution in [2.45, 2.75) is 25.0 Å². The molecule has 176 valence electrons. The van der Waals surface area contributed by atoms with E-state index in [2.05, 4.69) is 15.5 Å². The minimum absolute atomic E-state index is 0.0706. The number of hydrogen-bond donors (Lipinski definition) is 0. The minimum atomic E-state index is -0.324. The molecule has 1 unspecified atom stereocenters. The SMILES string of the molecule is Cc1c(-n2nnnc2SCC(=O)N(C)C(C)c2ccc(F)cc2)c(=O)n(-c2ccccc2)n1C. The highest BCUT2D eigenvalue weighted by Gasteiger charge is 2.23. The second-order valence-electron chi connectivity index (χ2n) is 7.80. The van der Waals surface area contributed by atoms with Gasteiger partial charge in [-0.15, -0.1) is 5.10 Å². The van der Waals surface area contributed by atoms with Gasteiger partial charge in [-0.2, -0.15) is 4.68 Å². The van der Waals surface area contributed by atoms with E-state index in [9.17, 15) is 14.0 Å². The number of hydrogen-bond acceptors (Lipinski definition) is 6. The van der Waals surface area contributed by atoms with E-state index in [1.165, 1.54) is 16.8 Å². The Morgan fingerprint density at radius 3 is 2.50 bits per heavy atom. The molecule has 0 N–H and O–H groups in total. The summed E-state index contributed by atoms with van der Waals surface area (Å²) in [6, 6.07) is 15.1. The molecule has 0 aliphatic rings. The van der Waals surface area contributed by atoms with Crippen molar-refractivity contribution < 1.29 is 9.18 Å². The summed E-state index contributed by atoms with van der Waals surface area (Å²) in [5, 5.41) is 12.1. The summed E-state index contributed by atoms with van der Waals surface area (Å²) in [7, 11) is 3.49. The van der Waals surface area contributed by atoms with Crippen molar-refractivity contribution >= 4 is 17.7 Å². The number of amides is 1. The van der Waals surface area contributed by atoms with Gasteiger partial charge in [-0.25, -0.2) is 9.07 Å². The molecule has 9 nitrogen and oxygen atoms in total. The van der Waals surface area contributed by atoms with Crippen molar-refractivity contribution in [3.63, 3.8) is 0 Å². The van der Waals surface area contributed by atoms with Crippen LogP contribution in [0.5, 0.6) is 0 Å². The number of aromatic nitrogens is 6. The first-order valence-corrected chi connectivity index (χ1v) is 11.5. The Hall–Kier alpha value is -3.73. The van der Waals surface area contributed by atoms with E-state index in [4.69, 9.17) is 0 Å². The Morgan fingerprint density at radius 2 is 1.82 bits per heavy atom. The highest BCUT2D eigenvalue weighted by Crippen LogP contribution is 2.23. The summed E-state index contributed by atoms with van der Waals surface area (Å²) >= 11 is 1.15. The predicted molar refractivity (Wildman–Crippen MR) is 127 cm³/mol. The lowest BCUT2D eigenvalue weighted by Gasteiger charge is -2.25. The van der Waals surface area contributed by atoms with Gasteiger partial charge in [0.2, 0.25) is 11.1 Å². The average molecular weight is 482 g/mol. The molecule has 1 atom stereocenters. The number of tetrazole rings is 1. The fourth-order valence-corrected chi connectivity index (χ4v) is 4.42. The Balaban J connectivity index is 1.55. The van der Waals surface area contributed by atoms with E-state index in [-0.39, 0.29) is 29.1 Å². The Morgan fingerprint density at radius 1 is 1.15 bits per heavy atom. The first-order chi connectivity index (χ1) is 16.3. The normalized spacial score (nSPS) is 12.0. The molecule has 0 spiro atoms. The number of carbonyl (C=O) groups excluding carboxylic acids is 1. The number of benzene rings is 2. The van der Waals surface area contributed by atoms with E-state index in [1.54, 1.807) is 40.5 Å². The van der Waals surface area contributed by atoms with Crippen LogP contribution in [0.4, 0.5) is 4.39 Å². The molecule has 11 heteroatoms. The maximum Gasteiger partial charge on any atom is 0.297 e. The topological polar surface area (TPSA) is 90.8 Å². The number of rotatable bonds is 7. The van der Waals surface area contributed by atoms with Crippen molar-refractivity contribution in [2.75, 3.05) is 12.8 Å². The van der Waals surface area contributed by atoms with Gasteiger partial charge in [-0.05, 0) is 54.1 Å². The third-order valence-corrected chi connectivity index (χ3v) is 6.73. The van der Waals surface area contributed by atoms with E-state index >= 15 is 0 Å². The number of nitrogens with zero attached hydrogens (tertiary/aromatic N) is 7. The quantitative estimate of drug-likeness (QED) is 0.377. The van der Waals surface area contributed by atoms with Crippen LogP contribution in [-0.2, 0) is 11.8 Å². The highest BCUT2D eigenvalue weighted by molar-refractivity contribution is 7.99. The van der Waals surface area contributed by atoms with E-state index in [0.29, 0.717) is 16.5 Å². The molecule has 34 heavy (non-hydrogen) atoms. The lowest BCUT2D eigenvalue weighted by atomic mass is 10.1. The number of halogens is 1. The number of thioether (sulfide) groups is 1. The number of carbonyl (C=O) groups is 1. The van der Waals surface area contributed by atoms with Crippen LogP contribution >= 0.6 is 11.8 Å². The van der Waals surface area contributed by atoms with Crippen LogP contribution in [0, 0.1) is 12.7 Å². The molecule has 2 aromatic heterocycles. The zero-order chi connectivity index (χ0) is 24.4. The molecule has 0 radical (unpaired) electrons. The first-order valence-electron chi connectivity index (χ1n) is 10.6. The highest BCUT2D eigenvalue weighted by atomic mass is 32.2. The summed E-state index contributed by atoms with van der Waals surface area (Å²) in [6.07, 6.45) is 0. The summed E-state index contributed by atoms with van der Waals surface area (Å²) in [5.74, 6) is -0.404. The molecule has 0 aliphatic carbocycles. The summed E-state index contributed by atoms with van der Waals surface area (Å²) in [6.45, 7) is 3.69. The van der Waals surface area contributed by atoms with Crippen LogP contribution in [0.15, 0.2) is 64.5 Å². The van der Waals surface area contributed by atoms with Gasteiger partial charge in [0.15, 0.2) is 5.69 Å².